The van der Waals surface area contributed by atoms with Crippen molar-refractivity contribution in [3.63, 3.8) is 0 Å². The van der Waals surface area contributed by atoms with Crippen LogP contribution in [0.15, 0.2) is 6.07 Å². The van der Waals surface area contributed by atoms with E-state index in [4.69, 9.17) is 21.1 Å². The number of phenols is 1. The normalized spacial score (nSPS) is 19.2. The van der Waals surface area contributed by atoms with Crippen LogP contribution in [-0.4, -0.2) is 43.0 Å². The van der Waals surface area contributed by atoms with Gasteiger partial charge in [-0.3, -0.25) is 4.90 Å². The summed E-state index contributed by atoms with van der Waals surface area (Å²) < 4.78 is 10.5. The van der Waals surface area contributed by atoms with Gasteiger partial charge in [0, 0.05) is 38.3 Å². The summed E-state index contributed by atoms with van der Waals surface area (Å²) in [7, 11) is 0. The lowest BCUT2D eigenvalue weighted by atomic mass is 10.1. The molecule has 1 fully saturated rings. The van der Waals surface area contributed by atoms with Gasteiger partial charge in [0.25, 0.3) is 0 Å². The molecule has 0 saturated carbocycles. The van der Waals surface area contributed by atoms with Crippen LogP contribution in [0.1, 0.15) is 5.56 Å². The molecule has 6 heteroatoms. The molecule has 0 aliphatic carbocycles. The fourth-order valence-electron chi connectivity index (χ4n) is 2.27. The van der Waals surface area contributed by atoms with Gasteiger partial charge in [0.2, 0.25) is 6.79 Å². The van der Waals surface area contributed by atoms with E-state index in [1.54, 1.807) is 0 Å². The summed E-state index contributed by atoms with van der Waals surface area (Å²) in [6, 6.07) is 1.81. The van der Waals surface area contributed by atoms with E-state index >= 15 is 0 Å². The topological polar surface area (TPSA) is 54.0 Å². The summed E-state index contributed by atoms with van der Waals surface area (Å²) in [6.45, 7) is 4.70. The first-order chi connectivity index (χ1) is 8.75. The summed E-state index contributed by atoms with van der Waals surface area (Å²) in [4.78, 5) is 2.27. The number of ether oxygens (including phenoxy) is 2. The lowest BCUT2D eigenvalue weighted by Gasteiger charge is -2.27. The van der Waals surface area contributed by atoms with Crippen LogP contribution in [0.4, 0.5) is 0 Å². The third-order valence-electron chi connectivity index (χ3n) is 3.26. The number of phenolic OH excluding ortho intramolecular Hbond substituents is 1. The van der Waals surface area contributed by atoms with Crippen LogP contribution in [0, 0.1) is 0 Å². The van der Waals surface area contributed by atoms with Crippen LogP contribution in [0.5, 0.6) is 17.2 Å². The van der Waals surface area contributed by atoms with Crippen LogP contribution in [0.2, 0.25) is 5.02 Å². The first kappa shape index (κ1) is 11.9. The number of benzene rings is 1. The van der Waals surface area contributed by atoms with Gasteiger partial charge in [0.05, 0.1) is 0 Å². The highest BCUT2D eigenvalue weighted by Gasteiger charge is 2.24. The van der Waals surface area contributed by atoms with Crippen LogP contribution in [-0.2, 0) is 6.54 Å². The number of hydrogen-bond acceptors (Lipinski definition) is 5. The number of aromatic hydroxyl groups is 1. The van der Waals surface area contributed by atoms with E-state index in [-0.39, 0.29) is 17.6 Å². The zero-order chi connectivity index (χ0) is 12.5. The molecule has 98 valence electrons. The average Bonchev–Trinajstić information content (AvgIpc) is 2.85. The highest BCUT2D eigenvalue weighted by molar-refractivity contribution is 6.34. The maximum Gasteiger partial charge on any atom is 0.231 e. The second-order valence-electron chi connectivity index (χ2n) is 4.46. The van der Waals surface area contributed by atoms with Crippen molar-refractivity contribution in [2.75, 3.05) is 33.0 Å². The van der Waals surface area contributed by atoms with Crippen LogP contribution in [0.25, 0.3) is 0 Å². The molecule has 2 aliphatic heterocycles. The molecule has 1 saturated heterocycles. The molecule has 18 heavy (non-hydrogen) atoms. The van der Waals surface area contributed by atoms with Crippen molar-refractivity contribution in [2.24, 2.45) is 0 Å². The van der Waals surface area contributed by atoms with E-state index in [1.807, 2.05) is 6.07 Å². The third kappa shape index (κ3) is 2.09. The van der Waals surface area contributed by atoms with Gasteiger partial charge in [-0.05, 0) is 6.07 Å². The minimum Gasteiger partial charge on any atom is -0.506 e. The van der Waals surface area contributed by atoms with E-state index in [0.29, 0.717) is 18.0 Å². The molecule has 0 unspecified atom stereocenters. The molecule has 0 amide bonds. The largest absolute Gasteiger partial charge is 0.506 e. The molecule has 1 aromatic rings. The highest BCUT2D eigenvalue weighted by Crippen LogP contribution is 2.46. The van der Waals surface area contributed by atoms with Gasteiger partial charge >= 0.3 is 0 Å². The van der Waals surface area contributed by atoms with E-state index in [9.17, 15) is 5.11 Å². The van der Waals surface area contributed by atoms with Crippen molar-refractivity contribution in [1.82, 2.24) is 10.2 Å². The second-order valence-corrected chi connectivity index (χ2v) is 4.84. The number of piperazine rings is 1. The minimum atomic E-state index is 0.0967. The predicted molar refractivity (Wildman–Crippen MR) is 67.4 cm³/mol. The quantitative estimate of drug-likeness (QED) is 0.845. The Hall–Kier alpha value is -1.17. The molecule has 2 heterocycles. The Bertz CT molecular complexity index is 461. The zero-order valence-corrected chi connectivity index (χ0v) is 10.7. The number of halogens is 1. The minimum absolute atomic E-state index is 0.0967. The van der Waals surface area contributed by atoms with E-state index in [1.165, 1.54) is 0 Å². The van der Waals surface area contributed by atoms with E-state index in [0.717, 1.165) is 31.7 Å². The van der Waals surface area contributed by atoms with Crippen LogP contribution >= 0.6 is 11.6 Å². The smallest absolute Gasteiger partial charge is 0.231 e. The Morgan fingerprint density at radius 1 is 1.33 bits per heavy atom. The highest BCUT2D eigenvalue weighted by atomic mass is 35.5. The van der Waals surface area contributed by atoms with E-state index < -0.39 is 0 Å². The van der Waals surface area contributed by atoms with Crippen molar-refractivity contribution in [1.29, 1.82) is 0 Å². The molecule has 0 radical (unpaired) electrons. The van der Waals surface area contributed by atoms with Crippen molar-refractivity contribution >= 4 is 11.6 Å². The Morgan fingerprint density at radius 3 is 2.89 bits per heavy atom. The number of rotatable bonds is 2. The van der Waals surface area contributed by atoms with E-state index in [2.05, 4.69) is 10.2 Å². The average molecular weight is 271 g/mol. The summed E-state index contributed by atoms with van der Waals surface area (Å²) in [5.74, 6) is 1.15. The van der Waals surface area contributed by atoms with Crippen molar-refractivity contribution < 1.29 is 14.6 Å². The molecule has 2 N–H and O–H groups in total. The molecule has 0 aromatic heterocycles. The summed E-state index contributed by atoms with van der Waals surface area (Å²) in [5.41, 5.74) is 0.783. The standard InChI is InChI=1S/C12H15ClN2O3/c13-10-11(16)8(5-9-12(10)18-7-17-9)6-15-3-1-14-2-4-15/h5,14,16H,1-4,6-7H2. The van der Waals surface area contributed by atoms with Gasteiger partial charge in [0.15, 0.2) is 11.5 Å². The molecule has 1 aromatic carbocycles. The lowest BCUT2D eigenvalue weighted by Crippen LogP contribution is -2.42. The number of nitrogens with zero attached hydrogens (tertiary/aromatic N) is 1. The van der Waals surface area contributed by atoms with Crippen molar-refractivity contribution in [3.8, 4) is 17.2 Å². The van der Waals surface area contributed by atoms with Crippen LogP contribution in [0.3, 0.4) is 0 Å². The SMILES string of the molecule is Oc1c(CN2CCNCC2)cc2c(c1Cl)OCO2. The molecule has 0 spiro atoms. The number of nitrogens with one attached hydrogen (secondary N) is 1. The molecule has 3 rings (SSSR count). The molecule has 2 aliphatic rings. The van der Waals surface area contributed by atoms with Crippen molar-refractivity contribution in [3.05, 3.63) is 16.7 Å². The fourth-order valence-corrected chi connectivity index (χ4v) is 2.54. The summed E-state index contributed by atoms with van der Waals surface area (Å²) in [6.07, 6.45) is 0. The van der Waals surface area contributed by atoms with Crippen molar-refractivity contribution in [2.45, 2.75) is 6.54 Å². The monoisotopic (exact) mass is 270 g/mol. The third-order valence-corrected chi connectivity index (χ3v) is 3.61. The Morgan fingerprint density at radius 2 is 2.11 bits per heavy atom. The number of hydrogen-bond donors (Lipinski definition) is 2. The summed E-state index contributed by atoms with van der Waals surface area (Å²) in [5, 5.41) is 13.6. The Labute approximate surface area is 110 Å². The molecule has 5 nitrogen and oxygen atoms in total. The van der Waals surface area contributed by atoms with Gasteiger partial charge in [-0.25, -0.2) is 0 Å². The molecule has 0 bridgehead atoms. The lowest BCUT2D eigenvalue weighted by molar-refractivity contribution is 0.174. The molecule has 0 atom stereocenters. The van der Waals surface area contributed by atoms with Gasteiger partial charge in [-0.2, -0.15) is 0 Å². The first-order valence-corrected chi connectivity index (χ1v) is 6.36. The predicted octanol–water partition coefficient (Wildman–Crippen LogP) is 1.18. The molecular formula is C12H15ClN2O3. The van der Waals surface area contributed by atoms with Crippen LogP contribution < -0.4 is 14.8 Å². The van der Waals surface area contributed by atoms with Gasteiger partial charge in [0.1, 0.15) is 10.8 Å². The maximum absolute atomic E-state index is 10.1. The number of fused-ring (bicyclic) bond motifs is 1. The fraction of sp³-hybridized carbons (Fsp3) is 0.500. The van der Waals surface area contributed by atoms with Gasteiger partial charge in [-0.15, -0.1) is 0 Å². The van der Waals surface area contributed by atoms with Gasteiger partial charge < -0.3 is 19.9 Å². The Balaban J connectivity index is 1.85. The Kier molecular flexibility index (Phi) is 3.20. The molecular weight excluding hydrogens is 256 g/mol. The zero-order valence-electron chi connectivity index (χ0n) is 9.91. The first-order valence-electron chi connectivity index (χ1n) is 5.98. The maximum atomic E-state index is 10.1. The summed E-state index contributed by atoms with van der Waals surface area (Å²) >= 11 is 6.08. The van der Waals surface area contributed by atoms with Gasteiger partial charge in [-0.1, -0.05) is 11.6 Å². The second kappa shape index (κ2) is 4.84.